The first-order valence-corrected chi connectivity index (χ1v) is 6.93. The zero-order valence-corrected chi connectivity index (χ0v) is 11.8. The summed E-state index contributed by atoms with van der Waals surface area (Å²) >= 11 is 1.60. The molecule has 0 amide bonds. The van der Waals surface area contributed by atoms with Crippen molar-refractivity contribution in [1.82, 2.24) is 0 Å². The molecule has 0 aromatic heterocycles. The highest BCUT2D eigenvalue weighted by molar-refractivity contribution is 7.99. The molecule has 0 aliphatic heterocycles. The number of aryl methyl sites for hydroxylation is 1. The molecule has 2 nitrogen and oxygen atoms in total. The van der Waals surface area contributed by atoms with Crippen molar-refractivity contribution in [2.24, 2.45) is 0 Å². The second kappa shape index (κ2) is 6.31. The Morgan fingerprint density at radius 3 is 2.47 bits per heavy atom. The van der Waals surface area contributed by atoms with Crippen molar-refractivity contribution < 1.29 is 4.74 Å². The van der Waals surface area contributed by atoms with Gasteiger partial charge < -0.3 is 4.74 Å². The maximum absolute atomic E-state index is 9.22. The molecule has 3 heteroatoms. The predicted octanol–water partition coefficient (Wildman–Crippen LogP) is 4.28. The highest BCUT2D eigenvalue weighted by Gasteiger charge is 2.05. The summed E-state index contributed by atoms with van der Waals surface area (Å²) in [6.07, 6.45) is 0.947. The molecule has 2 rings (SSSR count). The number of methoxy groups -OCH3 is 1. The van der Waals surface area contributed by atoms with Gasteiger partial charge in [-0.25, -0.2) is 0 Å². The van der Waals surface area contributed by atoms with Gasteiger partial charge >= 0.3 is 0 Å². The van der Waals surface area contributed by atoms with E-state index in [0.29, 0.717) is 0 Å². The largest absolute Gasteiger partial charge is 0.497 e. The Morgan fingerprint density at radius 1 is 1.16 bits per heavy atom. The summed E-state index contributed by atoms with van der Waals surface area (Å²) in [5, 5.41) is 9.22. The van der Waals surface area contributed by atoms with Gasteiger partial charge in [-0.15, -0.1) is 0 Å². The van der Waals surface area contributed by atoms with Crippen LogP contribution in [0.2, 0.25) is 0 Å². The Labute approximate surface area is 118 Å². The second-order valence-electron chi connectivity index (χ2n) is 4.07. The van der Waals surface area contributed by atoms with Crippen molar-refractivity contribution in [3.8, 4) is 11.8 Å². The van der Waals surface area contributed by atoms with E-state index in [9.17, 15) is 5.26 Å². The predicted molar refractivity (Wildman–Crippen MR) is 77.7 cm³/mol. The van der Waals surface area contributed by atoms with Gasteiger partial charge in [0.15, 0.2) is 0 Å². The summed E-state index contributed by atoms with van der Waals surface area (Å²) in [6.45, 7) is 2.09. The quantitative estimate of drug-likeness (QED) is 0.830. The van der Waals surface area contributed by atoms with Crippen molar-refractivity contribution in [1.29, 1.82) is 5.26 Å². The van der Waals surface area contributed by atoms with Crippen LogP contribution < -0.4 is 4.74 Å². The third-order valence-electron chi connectivity index (χ3n) is 2.86. The lowest BCUT2D eigenvalue weighted by Gasteiger charge is -2.06. The van der Waals surface area contributed by atoms with Gasteiger partial charge in [0.25, 0.3) is 0 Å². The topological polar surface area (TPSA) is 33.0 Å². The van der Waals surface area contributed by atoms with Crippen molar-refractivity contribution in [2.45, 2.75) is 23.1 Å². The Hall–Kier alpha value is -1.92. The lowest BCUT2D eigenvalue weighted by molar-refractivity contribution is 0.414. The van der Waals surface area contributed by atoms with Crippen LogP contribution in [0.1, 0.15) is 18.1 Å². The first-order chi connectivity index (χ1) is 9.26. The molecule has 19 heavy (non-hydrogen) atoms. The Kier molecular flexibility index (Phi) is 4.48. The summed E-state index contributed by atoms with van der Waals surface area (Å²) in [4.78, 5) is 2.09. The number of hydrogen-bond acceptors (Lipinski definition) is 3. The van der Waals surface area contributed by atoms with Crippen LogP contribution in [-0.4, -0.2) is 7.11 Å². The number of rotatable bonds is 4. The van der Waals surface area contributed by atoms with Gasteiger partial charge in [0.2, 0.25) is 0 Å². The van der Waals surface area contributed by atoms with Crippen molar-refractivity contribution in [3.63, 3.8) is 0 Å². The summed E-state index contributed by atoms with van der Waals surface area (Å²) in [5.74, 6) is 0.839. The number of hydrogen-bond donors (Lipinski definition) is 0. The van der Waals surface area contributed by atoms with Crippen LogP contribution in [-0.2, 0) is 6.42 Å². The van der Waals surface area contributed by atoms with Crippen LogP contribution in [0.4, 0.5) is 0 Å². The SMILES string of the molecule is CCc1ccc(Sc2ccc(OC)cc2)c(C#N)c1. The Morgan fingerprint density at radius 2 is 1.89 bits per heavy atom. The molecule has 0 N–H and O–H groups in total. The lowest BCUT2D eigenvalue weighted by atomic mass is 10.1. The zero-order valence-electron chi connectivity index (χ0n) is 11.0. The lowest BCUT2D eigenvalue weighted by Crippen LogP contribution is -1.86. The second-order valence-corrected chi connectivity index (χ2v) is 5.19. The van der Waals surface area contributed by atoms with Crippen molar-refractivity contribution in [3.05, 3.63) is 53.6 Å². The fourth-order valence-electron chi connectivity index (χ4n) is 1.74. The zero-order chi connectivity index (χ0) is 13.7. The number of benzene rings is 2. The molecule has 0 aliphatic rings. The van der Waals surface area contributed by atoms with Crippen LogP contribution in [0.5, 0.6) is 5.75 Å². The van der Waals surface area contributed by atoms with Gasteiger partial charge in [0.1, 0.15) is 11.8 Å². The van der Waals surface area contributed by atoms with E-state index in [1.807, 2.05) is 36.4 Å². The molecule has 0 atom stereocenters. The minimum atomic E-state index is 0.736. The van der Waals surface area contributed by atoms with Crippen LogP contribution in [0.15, 0.2) is 52.3 Å². The van der Waals surface area contributed by atoms with E-state index in [-0.39, 0.29) is 0 Å². The van der Waals surface area contributed by atoms with Crippen LogP contribution in [0.3, 0.4) is 0 Å². The van der Waals surface area contributed by atoms with Gasteiger partial charge in [0.05, 0.1) is 12.7 Å². The summed E-state index contributed by atoms with van der Waals surface area (Å²) < 4.78 is 5.13. The van der Waals surface area contributed by atoms with E-state index in [1.165, 1.54) is 5.56 Å². The molecule has 0 bridgehead atoms. The highest BCUT2D eigenvalue weighted by Crippen LogP contribution is 2.31. The molecule has 2 aromatic rings. The minimum Gasteiger partial charge on any atom is -0.497 e. The van der Waals surface area contributed by atoms with E-state index < -0.39 is 0 Å². The highest BCUT2D eigenvalue weighted by atomic mass is 32.2. The van der Waals surface area contributed by atoms with Gasteiger partial charge in [-0.1, -0.05) is 24.8 Å². The molecule has 0 heterocycles. The maximum Gasteiger partial charge on any atom is 0.118 e. The molecule has 0 unspecified atom stereocenters. The molecule has 0 spiro atoms. The minimum absolute atomic E-state index is 0.736. The molecule has 96 valence electrons. The third kappa shape index (κ3) is 3.30. The van der Waals surface area contributed by atoms with Gasteiger partial charge in [-0.3, -0.25) is 0 Å². The van der Waals surface area contributed by atoms with Crippen LogP contribution >= 0.6 is 11.8 Å². The van der Waals surface area contributed by atoms with E-state index in [1.54, 1.807) is 18.9 Å². The summed E-state index contributed by atoms with van der Waals surface area (Å²) in [6, 6.07) is 16.2. The standard InChI is InChI=1S/C16H15NOS/c1-3-12-4-9-16(13(10-12)11-17)19-15-7-5-14(18-2)6-8-15/h4-10H,3H2,1-2H3. The monoisotopic (exact) mass is 269 g/mol. The fourth-order valence-corrected chi connectivity index (χ4v) is 2.62. The average molecular weight is 269 g/mol. The molecular formula is C16H15NOS. The number of nitrogens with zero attached hydrogens (tertiary/aromatic N) is 1. The molecular weight excluding hydrogens is 254 g/mol. The first kappa shape index (κ1) is 13.5. The van der Waals surface area contributed by atoms with Crippen LogP contribution in [0, 0.1) is 11.3 Å². The van der Waals surface area contributed by atoms with Crippen LogP contribution in [0.25, 0.3) is 0 Å². The normalized spacial score (nSPS) is 9.95. The average Bonchev–Trinajstić information content (AvgIpc) is 2.48. The Bertz CT molecular complexity index is 599. The van der Waals surface area contributed by atoms with Crippen molar-refractivity contribution >= 4 is 11.8 Å². The molecule has 0 fully saturated rings. The van der Waals surface area contributed by atoms with E-state index in [4.69, 9.17) is 4.74 Å². The van der Waals surface area contributed by atoms with Gasteiger partial charge in [-0.2, -0.15) is 5.26 Å². The van der Waals surface area contributed by atoms with Crippen molar-refractivity contribution in [2.75, 3.05) is 7.11 Å². The Balaban J connectivity index is 2.25. The summed E-state index contributed by atoms with van der Waals surface area (Å²) in [5.41, 5.74) is 1.93. The van der Waals surface area contributed by atoms with E-state index >= 15 is 0 Å². The molecule has 0 saturated carbocycles. The number of nitriles is 1. The molecule has 0 aliphatic carbocycles. The van der Waals surface area contributed by atoms with E-state index in [2.05, 4.69) is 19.1 Å². The number of ether oxygens (including phenoxy) is 1. The summed E-state index contributed by atoms with van der Waals surface area (Å²) in [7, 11) is 1.65. The van der Waals surface area contributed by atoms with Gasteiger partial charge in [-0.05, 0) is 48.4 Å². The van der Waals surface area contributed by atoms with Gasteiger partial charge in [0, 0.05) is 9.79 Å². The third-order valence-corrected chi connectivity index (χ3v) is 3.94. The maximum atomic E-state index is 9.22. The first-order valence-electron chi connectivity index (χ1n) is 6.11. The fraction of sp³-hybridized carbons (Fsp3) is 0.188. The molecule has 0 saturated heterocycles. The van der Waals surface area contributed by atoms with E-state index in [0.717, 1.165) is 27.5 Å². The molecule has 0 radical (unpaired) electrons. The smallest absolute Gasteiger partial charge is 0.118 e. The molecule has 2 aromatic carbocycles.